The maximum atomic E-state index is 4.42. The molecule has 0 aliphatic rings. The number of hydrogen-bond donors (Lipinski definition) is 0. The Morgan fingerprint density at radius 1 is 1.24 bits per heavy atom. The molecule has 0 amide bonds. The van der Waals surface area contributed by atoms with Crippen molar-refractivity contribution in [1.29, 1.82) is 0 Å². The van der Waals surface area contributed by atoms with Crippen LogP contribution < -0.4 is 4.90 Å². The van der Waals surface area contributed by atoms with Gasteiger partial charge >= 0.3 is 0 Å². The van der Waals surface area contributed by atoms with Crippen LogP contribution in [0.25, 0.3) is 0 Å². The van der Waals surface area contributed by atoms with Crippen molar-refractivity contribution < 1.29 is 0 Å². The highest BCUT2D eigenvalue weighted by atomic mass is 15.2. The first kappa shape index (κ1) is 13.9. The minimum Gasteiger partial charge on any atom is -0.359 e. The summed E-state index contributed by atoms with van der Waals surface area (Å²) in [5, 5.41) is 0. The lowest BCUT2D eigenvalue weighted by Crippen LogP contribution is -2.32. The Balaban J connectivity index is 2.93. The molecule has 1 aromatic rings. The second-order valence-corrected chi connectivity index (χ2v) is 5.50. The predicted octanol–water partition coefficient (Wildman–Crippen LogP) is 3.22. The van der Waals surface area contributed by atoms with E-state index in [9.17, 15) is 0 Å². The molecule has 0 saturated heterocycles. The quantitative estimate of drug-likeness (QED) is 0.784. The monoisotopic (exact) mass is 235 g/mol. The van der Waals surface area contributed by atoms with Crippen molar-refractivity contribution in [3.05, 3.63) is 17.6 Å². The Kier molecular flexibility index (Phi) is 4.49. The van der Waals surface area contributed by atoms with Gasteiger partial charge < -0.3 is 4.90 Å². The zero-order valence-electron chi connectivity index (χ0n) is 12.0. The van der Waals surface area contributed by atoms with Gasteiger partial charge in [-0.3, -0.25) is 0 Å². The highest BCUT2D eigenvalue weighted by Gasteiger charge is 2.20. The van der Waals surface area contributed by atoms with Gasteiger partial charge in [-0.25, -0.2) is 9.97 Å². The van der Waals surface area contributed by atoms with Crippen LogP contribution in [0.1, 0.15) is 45.4 Å². The third-order valence-corrected chi connectivity index (χ3v) is 3.48. The molecule has 17 heavy (non-hydrogen) atoms. The van der Waals surface area contributed by atoms with Crippen molar-refractivity contribution in [2.45, 2.75) is 47.5 Å². The molecule has 3 nitrogen and oxygen atoms in total. The number of hydrogen-bond acceptors (Lipinski definition) is 3. The van der Waals surface area contributed by atoms with Crippen molar-refractivity contribution in [3.8, 4) is 0 Å². The minimum atomic E-state index is 0.318. The maximum absolute atomic E-state index is 4.42. The van der Waals surface area contributed by atoms with Gasteiger partial charge in [0.25, 0.3) is 0 Å². The minimum absolute atomic E-state index is 0.318. The van der Waals surface area contributed by atoms with Crippen LogP contribution in [0.2, 0.25) is 0 Å². The number of aryl methyl sites for hydroxylation is 1. The number of aromatic nitrogens is 2. The fourth-order valence-corrected chi connectivity index (χ4v) is 2.05. The average molecular weight is 235 g/mol. The molecular formula is C14H25N3. The molecule has 0 bridgehead atoms. The van der Waals surface area contributed by atoms with Crippen LogP contribution in [-0.4, -0.2) is 23.6 Å². The van der Waals surface area contributed by atoms with Crippen molar-refractivity contribution >= 4 is 5.82 Å². The van der Waals surface area contributed by atoms with Gasteiger partial charge in [-0.1, -0.05) is 27.7 Å². The van der Waals surface area contributed by atoms with E-state index in [4.69, 9.17) is 0 Å². The summed E-state index contributed by atoms with van der Waals surface area (Å²) in [4.78, 5) is 11.0. The second-order valence-electron chi connectivity index (χ2n) is 5.50. The van der Waals surface area contributed by atoms with Gasteiger partial charge in [-0.15, -0.1) is 0 Å². The lowest BCUT2D eigenvalue weighted by molar-refractivity contribution is 0.357. The van der Waals surface area contributed by atoms with E-state index in [1.54, 1.807) is 6.33 Å². The summed E-state index contributed by atoms with van der Waals surface area (Å²) < 4.78 is 0. The molecule has 0 saturated carbocycles. The Hall–Kier alpha value is -1.12. The first-order valence-electron chi connectivity index (χ1n) is 6.43. The van der Waals surface area contributed by atoms with Gasteiger partial charge in [0.1, 0.15) is 12.1 Å². The van der Waals surface area contributed by atoms with Crippen LogP contribution in [0.3, 0.4) is 0 Å². The van der Waals surface area contributed by atoms with E-state index in [0.29, 0.717) is 5.41 Å². The molecule has 96 valence electrons. The lowest BCUT2D eigenvalue weighted by Gasteiger charge is -2.30. The van der Waals surface area contributed by atoms with E-state index in [2.05, 4.69) is 56.5 Å². The molecule has 0 unspecified atom stereocenters. The van der Waals surface area contributed by atoms with Gasteiger partial charge in [0.15, 0.2) is 0 Å². The van der Waals surface area contributed by atoms with Crippen LogP contribution in [-0.2, 0) is 6.42 Å². The Labute approximate surface area is 105 Å². The Morgan fingerprint density at radius 2 is 1.88 bits per heavy atom. The molecule has 0 fully saturated rings. The number of nitrogens with zero attached hydrogens (tertiary/aromatic N) is 3. The van der Waals surface area contributed by atoms with E-state index in [-0.39, 0.29) is 0 Å². The molecule has 0 atom stereocenters. The van der Waals surface area contributed by atoms with E-state index < -0.39 is 0 Å². The fourth-order valence-electron chi connectivity index (χ4n) is 2.05. The van der Waals surface area contributed by atoms with Gasteiger partial charge in [0.2, 0.25) is 0 Å². The summed E-state index contributed by atoms with van der Waals surface area (Å²) in [6.45, 7) is 12.1. The molecule has 0 spiro atoms. The van der Waals surface area contributed by atoms with Crippen LogP contribution in [0.4, 0.5) is 5.82 Å². The highest BCUT2D eigenvalue weighted by Crippen LogP contribution is 2.25. The van der Waals surface area contributed by atoms with Crippen molar-refractivity contribution in [1.82, 2.24) is 9.97 Å². The molecule has 0 aliphatic heterocycles. The van der Waals surface area contributed by atoms with Crippen molar-refractivity contribution in [2.24, 2.45) is 5.41 Å². The summed E-state index contributed by atoms with van der Waals surface area (Å²) >= 11 is 0. The SMILES string of the molecule is CCc1ncnc(N(C)CC(C)(C)CC)c1C. The van der Waals surface area contributed by atoms with Crippen LogP contribution >= 0.6 is 0 Å². The van der Waals surface area contributed by atoms with E-state index in [0.717, 1.165) is 24.5 Å². The van der Waals surface area contributed by atoms with Crippen LogP contribution in [0.5, 0.6) is 0 Å². The van der Waals surface area contributed by atoms with Crippen molar-refractivity contribution in [3.63, 3.8) is 0 Å². The topological polar surface area (TPSA) is 29.0 Å². The van der Waals surface area contributed by atoms with Gasteiger partial charge in [0, 0.05) is 24.8 Å². The summed E-state index contributed by atoms with van der Waals surface area (Å²) in [6.07, 6.45) is 3.81. The largest absolute Gasteiger partial charge is 0.359 e. The third kappa shape index (κ3) is 3.42. The zero-order chi connectivity index (χ0) is 13.1. The van der Waals surface area contributed by atoms with E-state index in [1.807, 2.05) is 0 Å². The molecule has 1 rings (SSSR count). The molecule has 3 heteroatoms. The maximum Gasteiger partial charge on any atom is 0.134 e. The average Bonchev–Trinajstić information content (AvgIpc) is 2.28. The van der Waals surface area contributed by atoms with Crippen LogP contribution in [0, 0.1) is 12.3 Å². The Bertz CT molecular complexity index is 372. The third-order valence-electron chi connectivity index (χ3n) is 3.48. The lowest BCUT2D eigenvalue weighted by atomic mass is 9.90. The van der Waals surface area contributed by atoms with Gasteiger partial charge in [-0.05, 0) is 25.2 Å². The van der Waals surface area contributed by atoms with E-state index in [1.165, 1.54) is 12.0 Å². The molecule has 0 radical (unpaired) electrons. The summed E-state index contributed by atoms with van der Waals surface area (Å²) in [7, 11) is 2.12. The Morgan fingerprint density at radius 3 is 2.41 bits per heavy atom. The number of anilines is 1. The van der Waals surface area contributed by atoms with Crippen LogP contribution in [0.15, 0.2) is 6.33 Å². The molecular weight excluding hydrogens is 210 g/mol. The molecule has 1 heterocycles. The highest BCUT2D eigenvalue weighted by molar-refractivity contribution is 5.47. The molecule has 0 aliphatic carbocycles. The first-order chi connectivity index (χ1) is 7.91. The standard InChI is InChI=1S/C14H25N3/c1-7-12-11(3)13(16-10-15-12)17(6)9-14(4,5)8-2/h10H,7-9H2,1-6H3. The van der Waals surface area contributed by atoms with Gasteiger partial charge in [0.05, 0.1) is 0 Å². The fraction of sp³-hybridized carbons (Fsp3) is 0.714. The summed E-state index contributed by atoms with van der Waals surface area (Å²) in [5.41, 5.74) is 2.68. The predicted molar refractivity (Wildman–Crippen MR) is 73.5 cm³/mol. The van der Waals surface area contributed by atoms with Crippen molar-refractivity contribution in [2.75, 3.05) is 18.5 Å². The zero-order valence-corrected chi connectivity index (χ0v) is 12.0. The molecule has 1 aromatic heterocycles. The normalized spacial score (nSPS) is 11.6. The molecule has 0 aromatic carbocycles. The second kappa shape index (κ2) is 5.48. The molecule has 0 N–H and O–H groups in total. The smallest absolute Gasteiger partial charge is 0.134 e. The summed E-state index contributed by atoms with van der Waals surface area (Å²) in [5.74, 6) is 1.07. The number of rotatable bonds is 5. The van der Waals surface area contributed by atoms with E-state index >= 15 is 0 Å². The first-order valence-corrected chi connectivity index (χ1v) is 6.43. The summed E-state index contributed by atoms with van der Waals surface area (Å²) in [6, 6.07) is 0. The van der Waals surface area contributed by atoms with Gasteiger partial charge in [-0.2, -0.15) is 0 Å².